The Morgan fingerprint density at radius 3 is 1.93 bits per heavy atom. The van der Waals surface area contributed by atoms with Crippen molar-refractivity contribution >= 4 is 29.1 Å². The molecule has 2 rings (SSSR count). The Morgan fingerprint density at radius 1 is 0.867 bits per heavy atom. The highest BCUT2D eigenvalue weighted by Crippen LogP contribution is 2.34. The molecule has 0 aromatic heterocycles. The van der Waals surface area contributed by atoms with Gasteiger partial charge in [0.25, 0.3) is 11.8 Å². The van der Waals surface area contributed by atoms with Gasteiger partial charge in [-0.2, -0.15) is 13.2 Å². The van der Waals surface area contributed by atoms with Crippen molar-refractivity contribution in [3.63, 3.8) is 0 Å². The lowest BCUT2D eigenvalue weighted by Crippen LogP contribution is -2.30. The molecule has 0 saturated heterocycles. The van der Waals surface area contributed by atoms with Gasteiger partial charge in [-0.3, -0.25) is 14.4 Å². The van der Waals surface area contributed by atoms with E-state index in [-0.39, 0.29) is 22.8 Å². The Balaban J connectivity index is 2.28. The average Bonchev–Trinajstić information content (AvgIpc) is 2.69. The van der Waals surface area contributed by atoms with E-state index >= 15 is 0 Å². The predicted molar refractivity (Wildman–Crippen MR) is 107 cm³/mol. The Morgan fingerprint density at radius 2 is 1.43 bits per heavy atom. The molecule has 2 aromatic rings. The summed E-state index contributed by atoms with van der Waals surface area (Å²) < 4.78 is 39.1. The normalized spacial score (nSPS) is 11.0. The first-order valence-electron chi connectivity index (χ1n) is 9.26. The zero-order valence-corrected chi connectivity index (χ0v) is 16.8. The summed E-state index contributed by atoms with van der Waals surface area (Å²) in [5.74, 6) is -1.36. The van der Waals surface area contributed by atoms with Crippen LogP contribution in [0.4, 0.5) is 24.5 Å². The molecule has 0 aliphatic carbocycles. The Hall–Kier alpha value is -3.36. The van der Waals surface area contributed by atoms with E-state index < -0.39 is 23.6 Å². The molecule has 2 aromatic carbocycles. The third-order valence-electron chi connectivity index (χ3n) is 4.35. The van der Waals surface area contributed by atoms with Crippen molar-refractivity contribution in [3.05, 3.63) is 59.2 Å². The van der Waals surface area contributed by atoms with Gasteiger partial charge in [0.05, 0.1) is 16.9 Å². The molecule has 0 unspecified atom stereocenters. The number of alkyl halides is 3. The van der Waals surface area contributed by atoms with Gasteiger partial charge in [0.1, 0.15) is 0 Å². The molecule has 0 spiro atoms. The smallest absolute Gasteiger partial charge is 0.339 e. The van der Waals surface area contributed by atoms with Gasteiger partial charge in [0.15, 0.2) is 0 Å². The van der Waals surface area contributed by atoms with E-state index in [1.165, 1.54) is 31.2 Å². The molecule has 2 N–H and O–H groups in total. The maximum absolute atomic E-state index is 13.0. The van der Waals surface area contributed by atoms with Crippen molar-refractivity contribution in [2.24, 2.45) is 0 Å². The van der Waals surface area contributed by atoms with Gasteiger partial charge in [-0.05, 0) is 56.3 Å². The maximum atomic E-state index is 13.0. The Kier molecular flexibility index (Phi) is 7.20. The van der Waals surface area contributed by atoms with Gasteiger partial charge in [0, 0.05) is 31.1 Å². The number of rotatable bonds is 6. The second-order valence-corrected chi connectivity index (χ2v) is 6.45. The van der Waals surface area contributed by atoms with E-state index in [0.29, 0.717) is 18.7 Å². The van der Waals surface area contributed by atoms with Crippen molar-refractivity contribution in [1.82, 2.24) is 4.90 Å². The minimum atomic E-state index is -4.61. The molecule has 9 heteroatoms. The van der Waals surface area contributed by atoms with Crippen LogP contribution in [0.3, 0.4) is 0 Å². The number of halogens is 3. The van der Waals surface area contributed by atoms with Crippen LogP contribution < -0.4 is 10.6 Å². The van der Waals surface area contributed by atoms with Crippen LogP contribution in [0.15, 0.2) is 42.5 Å². The molecule has 0 fully saturated rings. The first-order chi connectivity index (χ1) is 14.1. The molecule has 3 amide bonds. The summed E-state index contributed by atoms with van der Waals surface area (Å²) >= 11 is 0. The molecule has 0 atom stereocenters. The van der Waals surface area contributed by atoms with Crippen LogP contribution >= 0.6 is 0 Å². The quantitative estimate of drug-likeness (QED) is 0.726. The third-order valence-corrected chi connectivity index (χ3v) is 4.35. The fourth-order valence-corrected chi connectivity index (χ4v) is 2.77. The number of nitrogens with zero attached hydrogens (tertiary/aromatic N) is 1. The highest BCUT2D eigenvalue weighted by atomic mass is 19.4. The number of carbonyl (C=O) groups excluding carboxylic acids is 3. The summed E-state index contributed by atoms with van der Waals surface area (Å²) in [5.41, 5.74) is -0.567. The van der Waals surface area contributed by atoms with Crippen molar-refractivity contribution in [3.8, 4) is 0 Å². The molecule has 0 aliphatic heterocycles. The summed E-state index contributed by atoms with van der Waals surface area (Å²) in [6, 6.07) is 8.43. The van der Waals surface area contributed by atoms with Crippen molar-refractivity contribution in [1.29, 1.82) is 0 Å². The van der Waals surface area contributed by atoms with Crippen LogP contribution in [0.2, 0.25) is 0 Å². The summed E-state index contributed by atoms with van der Waals surface area (Å²) in [4.78, 5) is 37.8. The fourth-order valence-electron chi connectivity index (χ4n) is 2.77. The van der Waals surface area contributed by atoms with Gasteiger partial charge < -0.3 is 15.5 Å². The van der Waals surface area contributed by atoms with E-state index in [1.807, 2.05) is 13.8 Å². The van der Waals surface area contributed by atoms with E-state index in [1.54, 1.807) is 4.90 Å². The fraction of sp³-hybridized carbons (Fsp3) is 0.286. The van der Waals surface area contributed by atoms with Crippen LogP contribution in [-0.2, 0) is 11.0 Å². The Labute approximate surface area is 172 Å². The number of hydrogen-bond donors (Lipinski definition) is 2. The second-order valence-electron chi connectivity index (χ2n) is 6.45. The maximum Gasteiger partial charge on any atom is 0.416 e. The van der Waals surface area contributed by atoms with E-state index in [2.05, 4.69) is 10.6 Å². The molecule has 160 valence electrons. The van der Waals surface area contributed by atoms with E-state index in [9.17, 15) is 27.6 Å². The number of anilines is 2. The van der Waals surface area contributed by atoms with Gasteiger partial charge in [-0.15, -0.1) is 0 Å². The van der Waals surface area contributed by atoms with Crippen LogP contribution in [0.5, 0.6) is 0 Å². The van der Waals surface area contributed by atoms with Gasteiger partial charge in [0.2, 0.25) is 5.91 Å². The summed E-state index contributed by atoms with van der Waals surface area (Å²) in [5, 5.41) is 4.78. The van der Waals surface area contributed by atoms with Crippen molar-refractivity contribution in [2.45, 2.75) is 26.9 Å². The highest BCUT2D eigenvalue weighted by Gasteiger charge is 2.31. The lowest BCUT2D eigenvalue weighted by atomic mass is 10.1. The highest BCUT2D eigenvalue weighted by molar-refractivity contribution is 6.07. The first kappa shape index (κ1) is 22.9. The number of nitrogens with one attached hydrogen (secondary N) is 2. The number of amides is 3. The zero-order chi connectivity index (χ0) is 22.5. The predicted octanol–water partition coefficient (Wildman–Crippen LogP) is 4.40. The minimum Gasteiger partial charge on any atom is -0.339 e. The zero-order valence-electron chi connectivity index (χ0n) is 16.8. The number of benzene rings is 2. The topological polar surface area (TPSA) is 78.5 Å². The monoisotopic (exact) mass is 421 g/mol. The van der Waals surface area contributed by atoms with Crippen LogP contribution in [0, 0.1) is 0 Å². The lowest BCUT2D eigenvalue weighted by molar-refractivity contribution is -0.137. The second kappa shape index (κ2) is 9.43. The van der Waals surface area contributed by atoms with E-state index in [0.717, 1.165) is 18.2 Å². The third kappa shape index (κ3) is 5.59. The molecule has 6 nitrogen and oxygen atoms in total. The van der Waals surface area contributed by atoms with Crippen LogP contribution in [0.1, 0.15) is 47.1 Å². The van der Waals surface area contributed by atoms with Gasteiger partial charge in [-0.25, -0.2) is 0 Å². The Bertz CT molecular complexity index is 937. The van der Waals surface area contributed by atoms with Crippen molar-refractivity contribution < 1.29 is 27.6 Å². The van der Waals surface area contributed by atoms with Gasteiger partial charge >= 0.3 is 6.18 Å². The minimum absolute atomic E-state index is 0.0391. The van der Waals surface area contributed by atoms with E-state index in [4.69, 9.17) is 0 Å². The molecule has 0 bridgehead atoms. The molecular weight excluding hydrogens is 399 g/mol. The SMILES string of the molecule is CCN(CC)C(=O)c1ccc(C(=O)Nc2cc(C(F)(F)F)ccc2NC(C)=O)cc1. The number of hydrogen-bond acceptors (Lipinski definition) is 3. The molecular formula is C21H22F3N3O3. The standard InChI is InChI=1S/C21H22F3N3O3/c1-4-27(5-2)20(30)15-8-6-14(7-9-15)19(29)26-18-12-16(21(22,23)24)10-11-17(18)25-13(3)28/h6-12H,4-5H2,1-3H3,(H,25,28)(H,26,29). The van der Waals surface area contributed by atoms with Gasteiger partial charge in [-0.1, -0.05) is 0 Å². The van der Waals surface area contributed by atoms with Crippen LogP contribution in [0.25, 0.3) is 0 Å². The largest absolute Gasteiger partial charge is 0.416 e. The number of carbonyl (C=O) groups is 3. The average molecular weight is 421 g/mol. The first-order valence-corrected chi connectivity index (χ1v) is 9.26. The summed E-state index contributed by atoms with van der Waals surface area (Å²) in [6.07, 6.45) is -4.61. The lowest BCUT2D eigenvalue weighted by Gasteiger charge is -2.18. The van der Waals surface area contributed by atoms with Crippen LogP contribution in [-0.4, -0.2) is 35.7 Å². The summed E-state index contributed by atoms with van der Waals surface area (Å²) in [7, 11) is 0. The summed E-state index contributed by atoms with van der Waals surface area (Å²) in [6.45, 7) is 5.99. The van der Waals surface area contributed by atoms with Crippen molar-refractivity contribution in [2.75, 3.05) is 23.7 Å². The molecule has 0 saturated carbocycles. The molecule has 30 heavy (non-hydrogen) atoms. The molecule has 0 aliphatic rings. The molecule has 0 heterocycles. The molecule has 0 radical (unpaired) electrons.